The second-order valence-corrected chi connectivity index (χ2v) is 4.90. The number of nitrogens with zero attached hydrogens (tertiary/aromatic N) is 1. The summed E-state index contributed by atoms with van der Waals surface area (Å²) < 4.78 is 0. The SMILES string of the molecule is CCCC(C(=O)O)N1CC2(CCC2)C1. The van der Waals surface area contributed by atoms with E-state index in [2.05, 4.69) is 11.8 Å². The van der Waals surface area contributed by atoms with Crippen LogP contribution in [0, 0.1) is 5.41 Å². The molecule has 0 amide bonds. The molecule has 2 rings (SSSR count). The molecule has 1 spiro atoms. The van der Waals surface area contributed by atoms with Gasteiger partial charge in [0.25, 0.3) is 0 Å². The number of likely N-dealkylation sites (tertiary alicyclic amines) is 1. The van der Waals surface area contributed by atoms with Gasteiger partial charge in [-0.3, -0.25) is 9.69 Å². The quantitative estimate of drug-likeness (QED) is 0.746. The molecule has 1 unspecified atom stereocenters. The Morgan fingerprint density at radius 3 is 2.50 bits per heavy atom. The van der Waals surface area contributed by atoms with E-state index in [9.17, 15) is 4.79 Å². The van der Waals surface area contributed by atoms with Gasteiger partial charge in [-0.15, -0.1) is 0 Å². The van der Waals surface area contributed by atoms with Crippen molar-refractivity contribution < 1.29 is 9.90 Å². The molecule has 0 aromatic heterocycles. The number of aliphatic carboxylic acids is 1. The fourth-order valence-corrected chi connectivity index (χ4v) is 2.76. The van der Waals surface area contributed by atoms with Crippen LogP contribution in [0.15, 0.2) is 0 Å². The monoisotopic (exact) mass is 197 g/mol. The first kappa shape index (κ1) is 9.97. The van der Waals surface area contributed by atoms with E-state index >= 15 is 0 Å². The molecule has 1 aliphatic heterocycles. The zero-order valence-corrected chi connectivity index (χ0v) is 8.83. The maximum Gasteiger partial charge on any atom is 0.320 e. The van der Waals surface area contributed by atoms with Crippen molar-refractivity contribution in [3.05, 3.63) is 0 Å². The van der Waals surface area contributed by atoms with Crippen molar-refractivity contribution in [3.63, 3.8) is 0 Å². The predicted molar refractivity (Wildman–Crippen MR) is 54.2 cm³/mol. The third-order valence-electron chi connectivity index (χ3n) is 3.78. The Morgan fingerprint density at radius 1 is 1.50 bits per heavy atom. The van der Waals surface area contributed by atoms with Gasteiger partial charge in [-0.05, 0) is 24.7 Å². The summed E-state index contributed by atoms with van der Waals surface area (Å²) in [5.74, 6) is -0.638. The predicted octanol–water partition coefficient (Wildman–Crippen LogP) is 1.73. The molecule has 0 bridgehead atoms. The Kier molecular flexibility index (Phi) is 2.52. The summed E-state index contributed by atoms with van der Waals surface area (Å²) >= 11 is 0. The number of hydrogen-bond donors (Lipinski definition) is 1. The normalized spacial score (nSPS) is 26.6. The van der Waals surface area contributed by atoms with E-state index < -0.39 is 5.97 Å². The number of rotatable bonds is 4. The lowest BCUT2D eigenvalue weighted by Gasteiger charge is -2.57. The Morgan fingerprint density at radius 2 is 2.14 bits per heavy atom. The first-order valence-corrected chi connectivity index (χ1v) is 5.64. The molecular weight excluding hydrogens is 178 g/mol. The van der Waals surface area contributed by atoms with Crippen LogP contribution in [-0.4, -0.2) is 35.1 Å². The maximum absolute atomic E-state index is 11.0. The van der Waals surface area contributed by atoms with E-state index in [1.165, 1.54) is 19.3 Å². The summed E-state index contributed by atoms with van der Waals surface area (Å²) in [6.45, 7) is 4.11. The fourth-order valence-electron chi connectivity index (χ4n) is 2.76. The third kappa shape index (κ3) is 1.54. The molecular formula is C11H19NO2. The number of carboxylic acid groups (broad SMARTS) is 1. The van der Waals surface area contributed by atoms with Gasteiger partial charge in [0.1, 0.15) is 6.04 Å². The van der Waals surface area contributed by atoms with Gasteiger partial charge in [0.2, 0.25) is 0 Å². The van der Waals surface area contributed by atoms with Crippen molar-refractivity contribution in [3.8, 4) is 0 Å². The largest absolute Gasteiger partial charge is 0.480 e. The highest BCUT2D eigenvalue weighted by molar-refractivity contribution is 5.73. The van der Waals surface area contributed by atoms with E-state index in [0.29, 0.717) is 5.41 Å². The standard InChI is InChI=1S/C11H19NO2/c1-2-4-9(10(13)14)12-7-11(8-12)5-3-6-11/h9H,2-8H2,1H3,(H,13,14). The summed E-state index contributed by atoms with van der Waals surface area (Å²) in [6.07, 6.45) is 5.75. The van der Waals surface area contributed by atoms with Crippen molar-refractivity contribution in [2.24, 2.45) is 5.41 Å². The van der Waals surface area contributed by atoms with E-state index in [0.717, 1.165) is 25.9 Å². The van der Waals surface area contributed by atoms with Crippen LogP contribution in [0.1, 0.15) is 39.0 Å². The minimum absolute atomic E-state index is 0.216. The molecule has 0 aromatic rings. The highest BCUT2D eigenvalue weighted by atomic mass is 16.4. The zero-order valence-electron chi connectivity index (χ0n) is 8.83. The van der Waals surface area contributed by atoms with Crippen LogP contribution in [0.4, 0.5) is 0 Å². The van der Waals surface area contributed by atoms with Crippen molar-refractivity contribution in [1.29, 1.82) is 0 Å². The smallest absolute Gasteiger partial charge is 0.320 e. The van der Waals surface area contributed by atoms with Gasteiger partial charge < -0.3 is 5.11 Å². The molecule has 0 radical (unpaired) electrons. The van der Waals surface area contributed by atoms with Crippen LogP contribution in [0.2, 0.25) is 0 Å². The van der Waals surface area contributed by atoms with Gasteiger partial charge in [0, 0.05) is 13.1 Å². The highest BCUT2D eigenvalue weighted by Gasteiger charge is 2.50. The molecule has 3 nitrogen and oxygen atoms in total. The Hall–Kier alpha value is -0.570. The van der Waals surface area contributed by atoms with Crippen LogP contribution in [-0.2, 0) is 4.79 Å². The van der Waals surface area contributed by atoms with E-state index in [4.69, 9.17) is 5.11 Å². The van der Waals surface area contributed by atoms with Gasteiger partial charge in [-0.25, -0.2) is 0 Å². The summed E-state index contributed by atoms with van der Waals surface area (Å²) in [5, 5.41) is 9.06. The molecule has 0 aromatic carbocycles. The van der Waals surface area contributed by atoms with Crippen LogP contribution in [0.25, 0.3) is 0 Å². The molecule has 14 heavy (non-hydrogen) atoms. The van der Waals surface area contributed by atoms with E-state index in [1.807, 2.05) is 0 Å². The fraction of sp³-hybridized carbons (Fsp3) is 0.909. The topological polar surface area (TPSA) is 40.5 Å². The molecule has 1 aliphatic carbocycles. The van der Waals surface area contributed by atoms with E-state index in [1.54, 1.807) is 0 Å². The zero-order chi connectivity index (χ0) is 10.2. The van der Waals surface area contributed by atoms with Crippen LogP contribution in [0.3, 0.4) is 0 Å². The van der Waals surface area contributed by atoms with Gasteiger partial charge in [-0.2, -0.15) is 0 Å². The molecule has 2 fully saturated rings. The van der Waals surface area contributed by atoms with Gasteiger partial charge in [0.05, 0.1) is 0 Å². The number of hydrogen-bond acceptors (Lipinski definition) is 2. The lowest BCUT2D eigenvalue weighted by molar-refractivity contribution is -0.154. The van der Waals surface area contributed by atoms with Crippen LogP contribution >= 0.6 is 0 Å². The summed E-state index contributed by atoms with van der Waals surface area (Å²) in [7, 11) is 0. The molecule has 80 valence electrons. The van der Waals surface area contributed by atoms with Crippen LogP contribution < -0.4 is 0 Å². The summed E-state index contributed by atoms with van der Waals surface area (Å²) in [6, 6.07) is -0.216. The molecule has 3 heteroatoms. The Labute approximate surface area is 85.1 Å². The second-order valence-electron chi connectivity index (χ2n) is 4.90. The number of carbonyl (C=O) groups is 1. The minimum atomic E-state index is -0.638. The van der Waals surface area contributed by atoms with Crippen LogP contribution in [0.5, 0.6) is 0 Å². The highest BCUT2D eigenvalue weighted by Crippen LogP contribution is 2.48. The summed E-state index contributed by atoms with van der Waals surface area (Å²) in [4.78, 5) is 13.1. The third-order valence-corrected chi connectivity index (χ3v) is 3.78. The maximum atomic E-state index is 11.0. The lowest BCUT2D eigenvalue weighted by Crippen LogP contribution is -2.64. The van der Waals surface area contributed by atoms with Crippen molar-refractivity contribution >= 4 is 5.97 Å². The molecule has 1 N–H and O–H groups in total. The van der Waals surface area contributed by atoms with E-state index in [-0.39, 0.29) is 6.04 Å². The molecule has 1 heterocycles. The molecule has 1 atom stereocenters. The second kappa shape index (κ2) is 3.54. The van der Waals surface area contributed by atoms with Crippen molar-refractivity contribution in [2.45, 2.75) is 45.1 Å². The Bertz CT molecular complexity index is 227. The molecule has 1 saturated carbocycles. The van der Waals surface area contributed by atoms with Gasteiger partial charge in [0.15, 0.2) is 0 Å². The lowest BCUT2D eigenvalue weighted by atomic mass is 9.63. The van der Waals surface area contributed by atoms with Gasteiger partial charge >= 0.3 is 5.97 Å². The average Bonchev–Trinajstić information content (AvgIpc) is 1.97. The molecule has 2 aliphatic rings. The number of carboxylic acids is 1. The van der Waals surface area contributed by atoms with Crippen molar-refractivity contribution in [2.75, 3.05) is 13.1 Å². The Balaban J connectivity index is 1.85. The van der Waals surface area contributed by atoms with Gasteiger partial charge in [-0.1, -0.05) is 19.8 Å². The molecule has 1 saturated heterocycles. The first-order chi connectivity index (χ1) is 6.67. The first-order valence-electron chi connectivity index (χ1n) is 5.64. The van der Waals surface area contributed by atoms with Crippen molar-refractivity contribution in [1.82, 2.24) is 4.90 Å². The minimum Gasteiger partial charge on any atom is -0.480 e. The average molecular weight is 197 g/mol. The summed E-state index contributed by atoms with van der Waals surface area (Å²) in [5.41, 5.74) is 0.543.